The first-order valence-corrected chi connectivity index (χ1v) is 13.9. The molecule has 0 fully saturated rings. The second-order valence-electron chi connectivity index (χ2n) is 11.3. The van der Waals surface area contributed by atoms with Gasteiger partial charge in [-0.2, -0.15) is 10.1 Å². The summed E-state index contributed by atoms with van der Waals surface area (Å²) in [6.07, 6.45) is 1.96. The Kier molecular flexibility index (Phi) is 7.93. The predicted molar refractivity (Wildman–Crippen MR) is 161 cm³/mol. The summed E-state index contributed by atoms with van der Waals surface area (Å²) in [5.41, 5.74) is 5.39. The van der Waals surface area contributed by atoms with E-state index in [2.05, 4.69) is 32.3 Å². The highest BCUT2D eigenvalue weighted by atomic mass is 16.6. The minimum absolute atomic E-state index is 0.115. The number of hydrogen-bond acceptors (Lipinski definition) is 8. The number of H-pyrrole nitrogens is 1. The Hall–Kier alpha value is -4.80. The van der Waals surface area contributed by atoms with Gasteiger partial charge in [0.05, 0.1) is 18.0 Å². The molecular weight excluding hydrogens is 534 g/mol. The van der Waals surface area contributed by atoms with E-state index in [1.54, 1.807) is 4.57 Å². The van der Waals surface area contributed by atoms with Gasteiger partial charge in [0, 0.05) is 23.0 Å². The lowest BCUT2D eigenvalue weighted by Crippen LogP contribution is -2.35. The van der Waals surface area contributed by atoms with E-state index in [-0.39, 0.29) is 17.5 Å². The molecule has 0 bridgehead atoms. The fraction of sp³-hybridized carbons (Fsp3) is 0.355. The summed E-state index contributed by atoms with van der Waals surface area (Å²) in [5, 5.41) is 12.8. The molecule has 11 nitrogen and oxygen atoms in total. The van der Waals surface area contributed by atoms with Gasteiger partial charge in [-0.25, -0.2) is 9.31 Å². The maximum absolute atomic E-state index is 14.2. The quantitative estimate of drug-likeness (QED) is 0.199. The first kappa shape index (κ1) is 28.7. The van der Waals surface area contributed by atoms with Crippen molar-refractivity contribution in [2.24, 2.45) is 10.6 Å². The molecule has 3 aromatic heterocycles. The van der Waals surface area contributed by atoms with Crippen LogP contribution in [0.3, 0.4) is 0 Å². The summed E-state index contributed by atoms with van der Waals surface area (Å²) >= 11 is 0. The van der Waals surface area contributed by atoms with Crippen molar-refractivity contribution in [1.82, 2.24) is 29.3 Å². The van der Waals surface area contributed by atoms with Gasteiger partial charge in [0.25, 0.3) is 5.56 Å². The number of aryl methyl sites for hydroxylation is 2. The SMILES string of the molecule is CCCc1c(Cc2ccc(-c3ccccc3-c3noc(=O)[nH]3)cc2)c(=O)n(C/C(=N/OC)C(C)(C)C)c2nc(C)nn12. The van der Waals surface area contributed by atoms with Gasteiger partial charge in [0.1, 0.15) is 12.9 Å². The topological polar surface area (TPSA) is 133 Å². The van der Waals surface area contributed by atoms with Crippen LogP contribution in [0.1, 0.15) is 56.8 Å². The number of fused-ring (bicyclic) bond motifs is 1. The Morgan fingerprint density at radius 1 is 1.07 bits per heavy atom. The summed E-state index contributed by atoms with van der Waals surface area (Å²) in [4.78, 5) is 38.1. The molecule has 218 valence electrons. The van der Waals surface area contributed by atoms with Crippen LogP contribution in [-0.4, -0.2) is 42.1 Å². The van der Waals surface area contributed by atoms with Gasteiger partial charge in [-0.1, -0.05) is 93.0 Å². The third-order valence-corrected chi connectivity index (χ3v) is 7.17. The molecule has 0 aliphatic carbocycles. The lowest BCUT2D eigenvalue weighted by Gasteiger charge is -2.22. The number of hydrogen-bond donors (Lipinski definition) is 1. The van der Waals surface area contributed by atoms with Crippen molar-refractivity contribution in [3.8, 4) is 22.5 Å². The third kappa shape index (κ3) is 5.67. The number of oxime groups is 1. The molecule has 2 aromatic carbocycles. The third-order valence-electron chi connectivity index (χ3n) is 7.17. The standard InChI is InChI=1S/C31H35N7O4/c1-7-10-25-24(28(39)37(29-32-19(2)34-38(25)29)18-26(35-41-6)31(3,4)5)17-20-13-15-21(16-14-20)22-11-8-9-12-23(22)27-33-30(40)42-36-27/h8-9,11-16H,7,10,17-18H2,1-6H3,(H,33,36,40)/b35-26-. The van der Waals surface area contributed by atoms with E-state index in [0.717, 1.165) is 40.1 Å². The molecule has 3 heterocycles. The van der Waals surface area contributed by atoms with E-state index in [0.29, 0.717) is 35.8 Å². The summed E-state index contributed by atoms with van der Waals surface area (Å²) in [5.74, 6) is 0.851. The van der Waals surface area contributed by atoms with Crippen molar-refractivity contribution < 1.29 is 9.36 Å². The lowest BCUT2D eigenvalue weighted by molar-refractivity contribution is 0.207. The minimum atomic E-state index is -0.605. The monoisotopic (exact) mass is 569 g/mol. The molecule has 11 heteroatoms. The minimum Gasteiger partial charge on any atom is -0.399 e. The van der Waals surface area contributed by atoms with Crippen molar-refractivity contribution in [3.63, 3.8) is 0 Å². The Balaban J connectivity index is 1.58. The molecule has 0 spiro atoms. The summed E-state index contributed by atoms with van der Waals surface area (Å²) in [6, 6.07) is 15.7. The van der Waals surface area contributed by atoms with Crippen molar-refractivity contribution in [2.45, 2.75) is 60.4 Å². The van der Waals surface area contributed by atoms with Gasteiger partial charge in [-0.15, -0.1) is 0 Å². The molecule has 0 amide bonds. The molecule has 0 unspecified atom stereocenters. The molecule has 0 saturated carbocycles. The van der Waals surface area contributed by atoms with Crippen LogP contribution in [0, 0.1) is 12.3 Å². The van der Waals surface area contributed by atoms with Gasteiger partial charge in [-0.05, 0) is 30.0 Å². The number of aromatic amines is 1. The van der Waals surface area contributed by atoms with E-state index in [9.17, 15) is 9.59 Å². The van der Waals surface area contributed by atoms with Crippen LogP contribution < -0.4 is 11.3 Å². The van der Waals surface area contributed by atoms with E-state index in [1.807, 2.05) is 80.7 Å². The van der Waals surface area contributed by atoms with E-state index < -0.39 is 5.76 Å². The van der Waals surface area contributed by atoms with Crippen LogP contribution in [0.15, 0.2) is 67.8 Å². The Morgan fingerprint density at radius 3 is 2.40 bits per heavy atom. The number of nitrogens with one attached hydrogen (secondary N) is 1. The molecule has 0 radical (unpaired) electrons. The van der Waals surface area contributed by atoms with Crippen molar-refractivity contribution >= 4 is 11.5 Å². The van der Waals surface area contributed by atoms with Crippen molar-refractivity contribution in [2.75, 3.05) is 7.11 Å². The molecule has 0 atom stereocenters. The van der Waals surface area contributed by atoms with Gasteiger partial charge < -0.3 is 4.84 Å². The maximum atomic E-state index is 14.2. The van der Waals surface area contributed by atoms with E-state index in [4.69, 9.17) is 9.36 Å². The fourth-order valence-corrected chi connectivity index (χ4v) is 5.03. The highest BCUT2D eigenvalue weighted by Crippen LogP contribution is 2.30. The first-order chi connectivity index (χ1) is 20.1. The highest BCUT2D eigenvalue weighted by molar-refractivity contribution is 5.89. The molecular formula is C31H35N7O4. The summed E-state index contributed by atoms with van der Waals surface area (Å²) in [7, 11) is 1.51. The van der Waals surface area contributed by atoms with E-state index >= 15 is 0 Å². The number of benzene rings is 2. The van der Waals surface area contributed by atoms with Crippen LogP contribution >= 0.6 is 0 Å². The van der Waals surface area contributed by atoms with Crippen LogP contribution in [0.25, 0.3) is 28.3 Å². The zero-order chi connectivity index (χ0) is 30.0. The average molecular weight is 570 g/mol. The normalized spacial score (nSPS) is 12.3. The first-order valence-electron chi connectivity index (χ1n) is 13.9. The number of rotatable bonds is 9. The highest BCUT2D eigenvalue weighted by Gasteiger charge is 2.25. The maximum Gasteiger partial charge on any atom is 0.439 e. The van der Waals surface area contributed by atoms with Gasteiger partial charge in [-0.3, -0.25) is 18.9 Å². The van der Waals surface area contributed by atoms with Crippen LogP contribution in [0.5, 0.6) is 0 Å². The van der Waals surface area contributed by atoms with Crippen LogP contribution in [-0.2, 0) is 24.2 Å². The zero-order valence-electron chi connectivity index (χ0n) is 24.8. The average Bonchev–Trinajstić information content (AvgIpc) is 3.57. The van der Waals surface area contributed by atoms with Crippen LogP contribution in [0.4, 0.5) is 0 Å². The molecule has 1 N–H and O–H groups in total. The Labute approximate surface area is 242 Å². The van der Waals surface area contributed by atoms with Gasteiger partial charge in [0.15, 0.2) is 5.82 Å². The predicted octanol–water partition coefficient (Wildman–Crippen LogP) is 4.80. The molecule has 0 aliphatic heterocycles. The van der Waals surface area contributed by atoms with Crippen LogP contribution in [0.2, 0.25) is 0 Å². The Morgan fingerprint density at radius 2 is 1.79 bits per heavy atom. The molecule has 42 heavy (non-hydrogen) atoms. The van der Waals surface area contributed by atoms with Gasteiger partial charge >= 0.3 is 5.76 Å². The molecule has 0 aliphatic rings. The van der Waals surface area contributed by atoms with Gasteiger partial charge in [0.2, 0.25) is 5.78 Å². The van der Waals surface area contributed by atoms with E-state index in [1.165, 1.54) is 7.11 Å². The van der Waals surface area contributed by atoms with Crippen molar-refractivity contribution in [1.29, 1.82) is 0 Å². The molecule has 5 aromatic rings. The Bertz CT molecular complexity index is 1870. The van der Waals surface area contributed by atoms with Crippen molar-refractivity contribution in [3.05, 3.63) is 92.1 Å². The summed E-state index contributed by atoms with van der Waals surface area (Å²) < 4.78 is 8.18. The number of aromatic nitrogens is 6. The second-order valence-corrected chi connectivity index (χ2v) is 11.3. The fourth-order valence-electron chi connectivity index (χ4n) is 5.03. The summed E-state index contributed by atoms with van der Waals surface area (Å²) in [6.45, 7) is 10.3. The lowest BCUT2D eigenvalue weighted by atomic mass is 9.90. The smallest absolute Gasteiger partial charge is 0.399 e. The molecule has 5 rings (SSSR count). The number of nitrogens with zero attached hydrogens (tertiary/aromatic N) is 6. The zero-order valence-corrected chi connectivity index (χ0v) is 24.8. The second kappa shape index (κ2) is 11.6. The largest absolute Gasteiger partial charge is 0.439 e. The molecule has 0 saturated heterocycles.